The van der Waals surface area contributed by atoms with Crippen LogP contribution in [0, 0.1) is 0 Å². The summed E-state index contributed by atoms with van der Waals surface area (Å²) in [5.41, 5.74) is -1.29. The number of carbonyl (C=O) groups is 3. The molecule has 0 bridgehead atoms. The predicted molar refractivity (Wildman–Crippen MR) is 92.4 cm³/mol. The third-order valence-electron chi connectivity index (χ3n) is 3.93. The second-order valence-corrected chi connectivity index (χ2v) is 5.83. The lowest BCUT2D eigenvalue weighted by molar-refractivity contribution is -0.166. The monoisotopic (exact) mass is 401 g/mol. The zero-order valence-electron chi connectivity index (χ0n) is 18.0. The molecule has 1 saturated heterocycles. The van der Waals surface area contributed by atoms with E-state index >= 15 is 0 Å². The van der Waals surface area contributed by atoms with Crippen LogP contribution >= 0.6 is 0 Å². The number of rotatable bonds is 6. The molecule has 0 aliphatic carbocycles. The second-order valence-electron chi connectivity index (χ2n) is 5.83. The zero-order chi connectivity index (χ0) is 23.1. The van der Waals surface area contributed by atoms with E-state index in [4.69, 9.17) is 23.1 Å². The van der Waals surface area contributed by atoms with Gasteiger partial charge in [0.25, 0.3) is 5.56 Å². The molecule has 0 radical (unpaired) electrons. The van der Waals surface area contributed by atoms with E-state index in [-0.39, 0.29) is 12.0 Å². The molecule has 28 heavy (non-hydrogen) atoms. The topological polar surface area (TPSA) is 143 Å². The zero-order valence-corrected chi connectivity index (χ0v) is 15.0. The number of hydrogen-bond acceptors (Lipinski definition) is 9. The Morgan fingerprint density at radius 2 is 1.79 bits per heavy atom. The summed E-state index contributed by atoms with van der Waals surface area (Å²) in [6.45, 7) is -1.05. The Morgan fingerprint density at radius 3 is 2.39 bits per heavy atom. The molecule has 1 aromatic heterocycles. The van der Waals surface area contributed by atoms with Gasteiger partial charge in [-0.2, -0.15) is 0 Å². The van der Waals surface area contributed by atoms with Crippen molar-refractivity contribution in [3.05, 3.63) is 32.6 Å². The van der Waals surface area contributed by atoms with Crippen LogP contribution in [0.4, 0.5) is 0 Å². The summed E-state index contributed by atoms with van der Waals surface area (Å²) in [4.78, 5) is 61.4. The van der Waals surface area contributed by atoms with Crippen molar-refractivity contribution in [2.24, 2.45) is 0 Å². The van der Waals surface area contributed by atoms with Gasteiger partial charge in [0.2, 0.25) is 0 Å². The summed E-state index contributed by atoms with van der Waals surface area (Å²) < 4.78 is 43.2. The first kappa shape index (κ1) is 17.2. The number of carbonyl (C=O) groups excluding carboxylic acids is 3. The molecule has 1 aliphatic heterocycles. The quantitative estimate of drug-likeness (QED) is 0.489. The van der Waals surface area contributed by atoms with Crippen LogP contribution in [0.25, 0.3) is 0 Å². The largest absolute Gasteiger partial charge is 0.463 e. The van der Waals surface area contributed by atoms with Gasteiger partial charge in [0.05, 0.1) is 0 Å². The first-order chi connectivity index (χ1) is 14.7. The lowest BCUT2D eigenvalue weighted by Gasteiger charge is -2.24. The summed E-state index contributed by atoms with van der Waals surface area (Å²) in [5.74, 6) is -2.91. The summed E-state index contributed by atoms with van der Waals surface area (Å²) in [5, 5.41) is 0. The lowest BCUT2D eigenvalue weighted by Crippen LogP contribution is -2.42. The van der Waals surface area contributed by atoms with Crippen molar-refractivity contribution >= 4 is 17.9 Å². The molecule has 1 N–H and O–H groups in total. The number of esters is 3. The first-order valence-electron chi connectivity index (χ1n) is 10.3. The molecule has 154 valence electrons. The third kappa shape index (κ3) is 4.85. The normalized spacial score (nSPS) is 25.2. The number of nitrogens with one attached hydrogen (secondary N) is 1. The van der Waals surface area contributed by atoms with E-state index in [0.717, 1.165) is 4.57 Å². The van der Waals surface area contributed by atoms with E-state index in [1.54, 1.807) is 6.92 Å². The average Bonchev–Trinajstić information content (AvgIpc) is 3.08. The molecule has 0 spiro atoms. The van der Waals surface area contributed by atoms with Gasteiger partial charge < -0.3 is 18.9 Å². The molecule has 2 heterocycles. The van der Waals surface area contributed by atoms with Crippen LogP contribution in [0.5, 0.6) is 0 Å². The number of nitrogens with zero attached hydrogens (tertiary/aromatic N) is 1. The average molecular weight is 401 g/mol. The van der Waals surface area contributed by atoms with Crippen molar-refractivity contribution in [2.75, 3.05) is 6.61 Å². The number of aromatic amines is 1. The van der Waals surface area contributed by atoms with Gasteiger partial charge in [-0.15, -0.1) is 0 Å². The van der Waals surface area contributed by atoms with Crippen LogP contribution in [-0.2, 0) is 39.8 Å². The van der Waals surface area contributed by atoms with Crippen molar-refractivity contribution in [1.82, 2.24) is 9.55 Å². The molecule has 11 heteroatoms. The highest BCUT2D eigenvalue weighted by Crippen LogP contribution is 2.33. The van der Waals surface area contributed by atoms with Crippen molar-refractivity contribution in [1.29, 1.82) is 0 Å². The van der Waals surface area contributed by atoms with Crippen LogP contribution in [0.3, 0.4) is 0 Å². The fourth-order valence-electron chi connectivity index (χ4n) is 2.78. The Labute approximate surface area is 163 Å². The number of aromatic nitrogens is 2. The molecule has 1 unspecified atom stereocenters. The maximum Gasteiger partial charge on any atom is 0.330 e. The Hall–Kier alpha value is -2.95. The molecule has 0 saturated carbocycles. The Bertz CT molecular complexity index is 932. The van der Waals surface area contributed by atoms with Crippen LogP contribution < -0.4 is 11.2 Å². The summed E-state index contributed by atoms with van der Waals surface area (Å²) in [7, 11) is 0. The van der Waals surface area contributed by atoms with Crippen molar-refractivity contribution in [3.63, 3.8) is 0 Å². The van der Waals surface area contributed by atoms with Gasteiger partial charge in [-0.3, -0.25) is 28.7 Å². The lowest BCUT2D eigenvalue weighted by atomic mass is 10.1. The highest BCUT2D eigenvalue weighted by molar-refractivity contribution is 5.68. The first-order valence-corrected chi connectivity index (χ1v) is 8.17. The van der Waals surface area contributed by atoms with Crippen LogP contribution in [0.1, 0.15) is 43.5 Å². The van der Waals surface area contributed by atoms with Gasteiger partial charge in [0.1, 0.15) is 12.7 Å². The molecule has 2 rings (SSSR count). The van der Waals surface area contributed by atoms with Crippen LogP contribution in [0.15, 0.2) is 15.8 Å². The molecule has 0 amide bonds. The Balaban J connectivity index is 2.49. The summed E-state index contributed by atoms with van der Waals surface area (Å²) >= 11 is 0. The van der Waals surface area contributed by atoms with Crippen molar-refractivity contribution < 1.29 is 37.4 Å². The van der Waals surface area contributed by atoms with Gasteiger partial charge in [0.15, 0.2) is 18.4 Å². The van der Waals surface area contributed by atoms with E-state index in [1.807, 2.05) is 0 Å². The fourth-order valence-corrected chi connectivity index (χ4v) is 2.78. The number of aryl methyl sites for hydroxylation is 1. The van der Waals surface area contributed by atoms with Gasteiger partial charge in [-0.1, -0.05) is 6.92 Å². The predicted octanol–water partition coefficient (Wildman–Crippen LogP) is -0.577. The number of H-pyrrole nitrogens is 1. The van der Waals surface area contributed by atoms with E-state index in [2.05, 4.69) is 4.98 Å². The van der Waals surface area contributed by atoms with Crippen molar-refractivity contribution in [2.45, 2.75) is 58.6 Å². The highest BCUT2D eigenvalue weighted by Gasteiger charge is 2.51. The van der Waals surface area contributed by atoms with E-state index in [1.165, 1.54) is 6.20 Å². The summed E-state index contributed by atoms with van der Waals surface area (Å²) in [6.07, 6.45) is -3.98. The molecular weight excluding hydrogens is 376 g/mol. The minimum absolute atomic E-state index is 0.220. The van der Waals surface area contributed by atoms with E-state index in [0.29, 0.717) is 0 Å². The fraction of sp³-hybridized carbons (Fsp3) is 0.588. The molecule has 1 aromatic rings. The standard InChI is InChI=1S/C17H22N2O9/c1-5-11-6-19(17(24)18-15(11)23)16-14(27-10(4)22)13(26-9(3)21)12(28-16)7-25-8(2)20/h6,12-14,16H,5,7H2,1-4H3,(H,18,23,24)/t12-,13+,14-,16?/m1/s1/i2D,3D,4D. The molecule has 1 fully saturated rings. The Morgan fingerprint density at radius 1 is 1.14 bits per heavy atom. The molecule has 4 atom stereocenters. The molecular formula is C17H22N2O9. The number of hydrogen-bond donors (Lipinski definition) is 1. The minimum atomic E-state index is -1.44. The maximum atomic E-state index is 12.4. The maximum absolute atomic E-state index is 12.4. The Kier molecular flexibility index (Phi) is 5.41. The van der Waals surface area contributed by atoms with Crippen LogP contribution in [-0.4, -0.2) is 52.4 Å². The van der Waals surface area contributed by atoms with Crippen LogP contribution in [0.2, 0.25) is 0 Å². The number of ether oxygens (including phenoxy) is 4. The SMILES string of the molecule is [2H]CC(=O)OC[C@H]1OC(n2cc(CC)c(=O)[nH]c2=O)[C@H](OC(=O)C[2H])[C@H]1OC(=O)C[2H]. The minimum Gasteiger partial charge on any atom is -0.463 e. The van der Waals surface area contributed by atoms with Gasteiger partial charge in [-0.05, 0) is 6.42 Å². The smallest absolute Gasteiger partial charge is 0.330 e. The molecule has 0 aromatic carbocycles. The molecule has 1 aliphatic rings. The van der Waals surface area contributed by atoms with Gasteiger partial charge >= 0.3 is 23.6 Å². The summed E-state index contributed by atoms with van der Waals surface area (Å²) in [6, 6.07) is 0. The van der Waals surface area contributed by atoms with Gasteiger partial charge in [-0.25, -0.2) is 4.79 Å². The van der Waals surface area contributed by atoms with E-state index < -0.39 is 81.0 Å². The van der Waals surface area contributed by atoms with Crippen molar-refractivity contribution in [3.8, 4) is 0 Å². The van der Waals surface area contributed by atoms with Gasteiger partial charge in [0, 0.05) is 36.6 Å². The van der Waals surface area contributed by atoms with E-state index in [9.17, 15) is 24.0 Å². The second kappa shape index (κ2) is 8.83. The molecule has 11 nitrogen and oxygen atoms in total. The third-order valence-corrected chi connectivity index (χ3v) is 3.93. The highest BCUT2D eigenvalue weighted by atomic mass is 16.7.